The van der Waals surface area contributed by atoms with Crippen LogP contribution in [0.5, 0.6) is 23.3 Å². The quantitative estimate of drug-likeness (QED) is 0.189. The molecule has 2 saturated heterocycles. The van der Waals surface area contributed by atoms with Gasteiger partial charge < -0.3 is 43.5 Å². The van der Waals surface area contributed by atoms with Crippen LogP contribution in [-0.4, -0.2) is 85.5 Å². The molecule has 49 heavy (non-hydrogen) atoms. The van der Waals surface area contributed by atoms with Crippen LogP contribution in [0.3, 0.4) is 0 Å². The number of rotatable bonds is 12. The molecule has 8 rings (SSSR count). The molecular weight excluding hydrogens is 624 g/mol. The normalized spacial score (nSPS) is 15.2. The summed E-state index contributed by atoms with van der Waals surface area (Å²) in [4.78, 5) is 24.0. The lowest BCUT2D eigenvalue weighted by Gasteiger charge is -2.31. The van der Waals surface area contributed by atoms with E-state index in [4.69, 9.17) is 43.0 Å². The molecule has 2 fully saturated rings. The van der Waals surface area contributed by atoms with Gasteiger partial charge in [0.2, 0.25) is 0 Å². The largest absolute Gasteiger partial charge is 0.489 e. The highest BCUT2D eigenvalue weighted by molar-refractivity contribution is 5.83. The van der Waals surface area contributed by atoms with Crippen LogP contribution in [0.2, 0.25) is 0 Å². The van der Waals surface area contributed by atoms with E-state index in [2.05, 4.69) is 20.4 Å². The van der Waals surface area contributed by atoms with Crippen molar-refractivity contribution in [2.45, 2.75) is 12.8 Å². The van der Waals surface area contributed by atoms with Crippen LogP contribution >= 0.6 is 0 Å². The predicted molar refractivity (Wildman–Crippen MR) is 185 cm³/mol. The van der Waals surface area contributed by atoms with Gasteiger partial charge in [0.25, 0.3) is 11.8 Å². The van der Waals surface area contributed by atoms with Crippen LogP contribution in [0.25, 0.3) is 21.9 Å². The first-order valence-corrected chi connectivity index (χ1v) is 16.8. The smallest absolute Gasteiger partial charge is 0.264 e. The summed E-state index contributed by atoms with van der Waals surface area (Å²) in [7, 11) is 0. The first kappa shape index (κ1) is 30.9. The number of para-hydroxylation sites is 2. The van der Waals surface area contributed by atoms with E-state index in [9.17, 15) is 0 Å². The standard InChI is InChI=1S/C36H38N8O5/c1-3-25-7-19-47-31(25)29(5-1)45-21-9-27-23-39-35(33(41-27)43-15-11-37-12-16-43)49-36-34(44-17-13-38-14-18-44)42-28(24-40-36)10-22-46-30-6-2-4-26-8-20-48-32(26)30/h1-8,19-20,23-24,37-38H,9-18,21-22H2. The Balaban J connectivity index is 1.01. The zero-order valence-electron chi connectivity index (χ0n) is 27.1. The van der Waals surface area contributed by atoms with Gasteiger partial charge in [0.15, 0.2) is 34.3 Å². The number of aromatic nitrogens is 4. The number of benzene rings is 2. The first-order valence-electron chi connectivity index (χ1n) is 16.8. The fraction of sp³-hybridized carbons (Fsp3) is 0.333. The Morgan fingerprint density at radius 3 is 1.55 bits per heavy atom. The van der Waals surface area contributed by atoms with E-state index in [0.29, 0.717) is 61.0 Å². The number of hydrogen-bond donors (Lipinski definition) is 2. The molecule has 0 bridgehead atoms. The van der Waals surface area contributed by atoms with Crippen molar-refractivity contribution >= 4 is 33.6 Å². The molecule has 6 heterocycles. The third kappa shape index (κ3) is 6.94. The highest BCUT2D eigenvalue weighted by Crippen LogP contribution is 2.34. The van der Waals surface area contributed by atoms with Crippen molar-refractivity contribution in [1.82, 2.24) is 30.6 Å². The van der Waals surface area contributed by atoms with Crippen molar-refractivity contribution in [3.63, 3.8) is 0 Å². The van der Waals surface area contributed by atoms with Gasteiger partial charge in [-0.15, -0.1) is 0 Å². The second kappa shape index (κ2) is 14.4. The van der Waals surface area contributed by atoms with Gasteiger partial charge in [0.1, 0.15) is 0 Å². The summed E-state index contributed by atoms with van der Waals surface area (Å²) in [6.45, 7) is 7.37. The van der Waals surface area contributed by atoms with E-state index < -0.39 is 0 Å². The fourth-order valence-electron chi connectivity index (χ4n) is 6.14. The molecule has 0 amide bonds. The van der Waals surface area contributed by atoms with Crippen LogP contribution in [0.4, 0.5) is 11.6 Å². The molecule has 13 nitrogen and oxygen atoms in total. The number of nitrogens with one attached hydrogen (secondary N) is 2. The molecular formula is C36H38N8O5. The molecule has 2 aromatic carbocycles. The number of nitrogens with zero attached hydrogens (tertiary/aromatic N) is 6. The van der Waals surface area contributed by atoms with Gasteiger partial charge in [0.05, 0.1) is 49.5 Å². The zero-order valence-corrected chi connectivity index (χ0v) is 27.1. The molecule has 0 spiro atoms. The Hall–Kier alpha value is -5.40. The molecule has 0 atom stereocenters. The van der Waals surface area contributed by atoms with E-state index in [1.54, 1.807) is 24.9 Å². The minimum atomic E-state index is 0.403. The number of ether oxygens (including phenoxy) is 3. The fourth-order valence-corrected chi connectivity index (χ4v) is 6.14. The van der Waals surface area contributed by atoms with Crippen molar-refractivity contribution in [2.75, 3.05) is 75.4 Å². The molecule has 0 aliphatic carbocycles. The van der Waals surface area contributed by atoms with Crippen LogP contribution in [0.15, 0.2) is 82.3 Å². The second-order valence-electron chi connectivity index (χ2n) is 11.9. The van der Waals surface area contributed by atoms with Gasteiger partial charge in [-0.25, -0.2) is 19.9 Å². The predicted octanol–water partition coefficient (Wildman–Crippen LogP) is 4.61. The molecule has 0 radical (unpaired) electrons. The van der Waals surface area contributed by atoms with E-state index >= 15 is 0 Å². The summed E-state index contributed by atoms with van der Waals surface area (Å²) in [6, 6.07) is 15.6. The van der Waals surface area contributed by atoms with Crippen molar-refractivity contribution in [1.29, 1.82) is 0 Å². The molecule has 2 aliphatic heterocycles. The van der Waals surface area contributed by atoms with E-state index in [1.165, 1.54) is 0 Å². The van der Waals surface area contributed by atoms with Gasteiger partial charge in [-0.3, -0.25) is 0 Å². The summed E-state index contributed by atoms with van der Waals surface area (Å²) < 4.78 is 30.0. The van der Waals surface area contributed by atoms with Gasteiger partial charge in [-0.1, -0.05) is 24.3 Å². The SMILES string of the molecule is c1cc(OCCc2cnc(Oc3ncc(CCOc4cccc5ccoc45)nc3N3CCNCC3)c(N3CCNCC3)n2)c2occc2c1. The highest BCUT2D eigenvalue weighted by Gasteiger charge is 2.24. The number of furan rings is 2. The summed E-state index contributed by atoms with van der Waals surface area (Å²) in [5.41, 5.74) is 3.10. The maximum Gasteiger partial charge on any atom is 0.264 e. The topological polar surface area (TPSA) is 136 Å². The molecule has 0 saturated carbocycles. The first-order chi connectivity index (χ1) is 24.3. The molecule has 2 N–H and O–H groups in total. The maximum absolute atomic E-state index is 6.52. The lowest BCUT2D eigenvalue weighted by Crippen LogP contribution is -2.44. The van der Waals surface area contributed by atoms with Crippen LogP contribution in [-0.2, 0) is 12.8 Å². The van der Waals surface area contributed by atoms with Crippen LogP contribution < -0.4 is 34.6 Å². The van der Waals surface area contributed by atoms with Gasteiger partial charge in [-0.05, 0) is 24.3 Å². The number of hydrogen-bond acceptors (Lipinski definition) is 13. The van der Waals surface area contributed by atoms with Gasteiger partial charge in [0, 0.05) is 76.0 Å². The molecule has 0 unspecified atom stereocenters. The third-order valence-corrected chi connectivity index (χ3v) is 8.69. The van der Waals surface area contributed by atoms with E-state index in [1.807, 2.05) is 48.5 Å². The lowest BCUT2D eigenvalue weighted by molar-refractivity contribution is 0.318. The minimum absolute atomic E-state index is 0.403. The summed E-state index contributed by atoms with van der Waals surface area (Å²) in [5, 5.41) is 8.85. The van der Waals surface area contributed by atoms with Crippen LogP contribution in [0, 0.1) is 0 Å². The Kier molecular flexibility index (Phi) is 9.07. The summed E-state index contributed by atoms with van der Waals surface area (Å²) >= 11 is 0. The summed E-state index contributed by atoms with van der Waals surface area (Å²) in [5.74, 6) is 3.60. The number of fused-ring (bicyclic) bond motifs is 2. The molecule has 13 heteroatoms. The Morgan fingerprint density at radius 1 is 0.612 bits per heavy atom. The van der Waals surface area contributed by atoms with E-state index in [-0.39, 0.29) is 0 Å². The number of anilines is 2. The average Bonchev–Trinajstić information content (AvgIpc) is 3.85. The minimum Gasteiger partial charge on any atom is -0.489 e. The van der Waals surface area contributed by atoms with Crippen molar-refractivity contribution in [3.05, 3.63) is 84.8 Å². The second-order valence-corrected chi connectivity index (χ2v) is 11.9. The monoisotopic (exact) mass is 662 g/mol. The molecule has 252 valence electrons. The molecule has 4 aromatic heterocycles. The summed E-state index contributed by atoms with van der Waals surface area (Å²) in [6.07, 6.45) is 7.99. The Labute approximate surface area is 283 Å². The van der Waals surface area contributed by atoms with Crippen LogP contribution in [0.1, 0.15) is 11.4 Å². The zero-order chi connectivity index (χ0) is 32.8. The van der Waals surface area contributed by atoms with Crippen molar-refractivity contribution in [2.24, 2.45) is 0 Å². The number of piperazine rings is 2. The molecule has 2 aliphatic rings. The Morgan fingerprint density at radius 2 is 1.08 bits per heavy atom. The van der Waals surface area contributed by atoms with Gasteiger partial charge in [-0.2, -0.15) is 0 Å². The maximum atomic E-state index is 6.52. The van der Waals surface area contributed by atoms with Crippen molar-refractivity contribution < 1.29 is 23.0 Å². The highest BCUT2D eigenvalue weighted by atomic mass is 16.5. The van der Waals surface area contributed by atoms with E-state index in [0.717, 1.165) is 85.7 Å². The Bertz CT molecular complexity index is 1870. The average molecular weight is 663 g/mol. The molecule has 6 aromatic rings. The third-order valence-electron chi connectivity index (χ3n) is 8.69. The van der Waals surface area contributed by atoms with Crippen molar-refractivity contribution in [3.8, 4) is 23.3 Å². The van der Waals surface area contributed by atoms with Gasteiger partial charge >= 0.3 is 0 Å². The lowest BCUT2D eigenvalue weighted by atomic mass is 10.2.